The lowest BCUT2D eigenvalue weighted by Crippen LogP contribution is -2.33. The molecular weight excluding hydrogens is 247 g/mol. The number of hydrogen-bond acceptors (Lipinski definition) is 4. The van der Waals surface area contributed by atoms with E-state index in [1.807, 2.05) is 0 Å². The zero-order valence-electron chi connectivity index (χ0n) is 11.0. The van der Waals surface area contributed by atoms with Crippen LogP contribution >= 0.6 is 0 Å². The van der Waals surface area contributed by atoms with Crippen LogP contribution in [0.5, 0.6) is 0 Å². The molecule has 0 bridgehead atoms. The molecule has 0 saturated carbocycles. The minimum absolute atomic E-state index is 0.351. The van der Waals surface area contributed by atoms with Crippen LogP contribution in [0.1, 0.15) is 23.2 Å². The van der Waals surface area contributed by atoms with Crippen molar-refractivity contribution in [2.75, 3.05) is 32.1 Å². The minimum atomic E-state index is -0.456. The second-order valence-corrected chi connectivity index (χ2v) is 4.78. The number of esters is 1. The molecule has 1 heterocycles. The molecule has 1 fully saturated rings. The molecule has 1 aliphatic heterocycles. The molecule has 1 aromatic rings. The molecule has 0 amide bonds. The number of nitrogens with one attached hydrogen (secondary N) is 2. The van der Waals surface area contributed by atoms with E-state index in [1.165, 1.54) is 25.3 Å². The Labute approximate surface area is 112 Å². The Hall–Kier alpha value is -1.62. The zero-order chi connectivity index (χ0) is 13.7. The first-order chi connectivity index (χ1) is 9.20. The van der Waals surface area contributed by atoms with Crippen molar-refractivity contribution >= 4 is 11.7 Å². The Morgan fingerprint density at radius 1 is 1.58 bits per heavy atom. The lowest BCUT2D eigenvalue weighted by Gasteiger charge is -2.23. The van der Waals surface area contributed by atoms with Gasteiger partial charge >= 0.3 is 5.97 Å². The maximum absolute atomic E-state index is 13.7. The molecule has 1 aliphatic rings. The molecule has 5 heteroatoms. The van der Waals surface area contributed by atoms with Gasteiger partial charge in [0.25, 0.3) is 0 Å². The van der Waals surface area contributed by atoms with Crippen molar-refractivity contribution in [1.29, 1.82) is 0 Å². The van der Waals surface area contributed by atoms with E-state index in [2.05, 4.69) is 15.4 Å². The topological polar surface area (TPSA) is 50.4 Å². The van der Waals surface area contributed by atoms with Gasteiger partial charge in [0.05, 0.1) is 18.4 Å². The Kier molecular flexibility index (Phi) is 4.74. The van der Waals surface area contributed by atoms with E-state index in [1.54, 1.807) is 0 Å². The van der Waals surface area contributed by atoms with Crippen molar-refractivity contribution < 1.29 is 13.9 Å². The third kappa shape index (κ3) is 3.67. The van der Waals surface area contributed by atoms with Gasteiger partial charge < -0.3 is 15.4 Å². The summed E-state index contributed by atoms with van der Waals surface area (Å²) < 4.78 is 18.3. The second-order valence-electron chi connectivity index (χ2n) is 4.78. The van der Waals surface area contributed by atoms with E-state index >= 15 is 0 Å². The third-order valence-electron chi connectivity index (χ3n) is 3.37. The number of carbonyl (C=O) groups is 1. The highest BCUT2D eigenvalue weighted by Crippen LogP contribution is 2.18. The predicted molar refractivity (Wildman–Crippen MR) is 71.8 cm³/mol. The first kappa shape index (κ1) is 13.8. The van der Waals surface area contributed by atoms with Crippen LogP contribution in [0.25, 0.3) is 0 Å². The number of rotatable bonds is 4. The molecular formula is C14H19FN2O2. The van der Waals surface area contributed by atoms with E-state index in [-0.39, 0.29) is 5.82 Å². The van der Waals surface area contributed by atoms with Crippen molar-refractivity contribution in [3.05, 3.63) is 29.6 Å². The van der Waals surface area contributed by atoms with Gasteiger partial charge in [-0.05, 0) is 50.0 Å². The van der Waals surface area contributed by atoms with Crippen LogP contribution in [-0.4, -0.2) is 32.7 Å². The van der Waals surface area contributed by atoms with Gasteiger partial charge in [0.1, 0.15) is 5.82 Å². The summed E-state index contributed by atoms with van der Waals surface area (Å²) in [7, 11) is 1.31. The maximum Gasteiger partial charge on any atom is 0.337 e. The number of hydrogen-bond donors (Lipinski definition) is 2. The number of methoxy groups -OCH3 is 1. The van der Waals surface area contributed by atoms with Crippen molar-refractivity contribution in [3.8, 4) is 0 Å². The van der Waals surface area contributed by atoms with Crippen LogP contribution < -0.4 is 10.6 Å². The molecule has 4 nitrogen and oxygen atoms in total. The number of carbonyl (C=O) groups excluding carboxylic acids is 1. The highest BCUT2D eigenvalue weighted by Gasteiger charge is 2.14. The fourth-order valence-corrected chi connectivity index (χ4v) is 2.26. The van der Waals surface area contributed by atoms with Crippen LogP contribution in [0.4, 0.5) is 10.1 Å². The fraction of sp³-hybridized carbons (Fsp3) is 0.500. The fourth-order valence-electron chi connectivity index (χ4n) is 2.26. The van der Waals surface area contributed by atoms with E-state index in [9.17, 15) is 9.18 Å². The molecule has 0 spiro atoms. The van der Waals surface area contributed by atoms with Gasteiger partial charge in [0.2, 0.25) is 0 Å². The largest absolute Gasteiger partial charge is 0.465 e. The molecule has 2 rings (SSSR count). The summed E-state index contributed by atoms with van der Waals surface area (Å²) in [4.78, 5) is 11.4. The van der Waals surface area contributed by atoms with Crippen LogP contribution in [0, 0.1) is 11.7 Å². The van der Waals surface area contributed by atoms with Crippen LogP contribution in [0.15, 0.2) is 18.2 Å². The summed E-state index contributed by atoms with van der Waals surface area (Å²) in [6, 6.07) is 4.21. The molecule has 0 aromatic heterocycles. The van der Waals surface area contributed by atoms with Gasteiger partial charge in [-0.1, -0.05) is 0 Å². The molecule has 0 aliphatic carbocycles. The normalized spacial score (nSPS) is 18.9. The molecule has 1 unspecified atom stereocenters. The lowest BCUT2D eigenvalue weighted by atomic mass is 9.99. The number of halogens is 1. The molecule has 1 saturated heterocycles. The van der Waals surface area contributed by atoms with E-state index in [0.717, 1.165) is 25.9 Å². The summed E-state index contributed by atoms with van der Waals surface area (Å²) in [5, 5.41) is 6.40. The average molecular weight is 266 g/mol. The number of benzene rings is 1. The summed E-state index contributed by atoms with van der Waals surface area (Å²) in [5.41, 5.74) is 0.710. The summed E-state index contributed by atoms with van der Waals surface area (Å²) in [6.45, 7) is 2.71. The number of piperidine rings is 1. The Morgan fingerprint density at radius 2 is 2.42 bits per heavy atom. The van der Waals surface area contributed by atoms with Gasteiger partial charge in [-0.15, -0.1) is 0 Å². The van der Waals surface area contributed by atoms with Gasteiger partial charge in [0, 0.05) is 6.54 Å². The van der Waals surface area contributed by atoms with Gasteiger partial charge in [-0.3, -0.25) is 0 Å². The monoisotopic (exact) mass is 266 g/mol. The average Bonchev–Trinajstić information content (AvgIpc) is 2.46. The predicted octanol–water partition coefficient (Wildman–Crippen LogP) is 2.02. The van der Waals surface area contributed by atoms with Crippen molar-refractivity contribution in [2.45, 2.75) is 12.8 Å². The number of anilines is 1. The molecule has 1 aromatic carbocycles. The molecule has 104 valence electrons. The lowest BCUT2D eigenvalue weighted by molar-refractivity contribution is 0.0600. The van der Waals surface area contributed by atoms with Crippen molar-refractivity contribution in [1.82, 2.24) is 5.32 Å². The number of ether oxygens (including phenoxy) is 1. The van der Waals surface area contributed by atoms with E-state index < -0.39 is 5.97 Å². The summed E-state index contributed by atoms with van der Waals surface area (Å²) in [5.74, 6) is -0.311. The molecule has 1 atom stereocenters. The van der Waals surface area contributed by atoms with Crippen LogP contribution in [-0.2, 0) is 4.74 Å². The van der Waals surface area contributed by atoms with Crippen molar-refractivity contribution in [3.63, 3.8) is 0 Å². The SMILES string of the molecule is COC(=O)c1ccc(F)c(NCC2CCCNC2)c1. The summed E-state index contributed by atoms with van der Waals surface area (Å²) >= 11 is 0. The third-order valence-corrected chi connectivity index (χ3v) is 3.37. The summed E-state index contributed by atoms with van der Waals surface area (Å²) in [6.07, 6.45) is 2.29. The van der Waals surface area contributed by atoms with Crippen LogP contribution in [0.2, 0.25) is 0 Å². The highest BCUT2D eigenvalue weighted by molar-refractivity contribution is 5.90. The first-order valence-corrected chi connectivity index (χ1v) is 6.53. The molecule has 19 heavy (non-hydrogen) atoms. The van der Waals surface area contributed by atoms with Gasteiger partial charge in [0.15, 0.2) is 0 Å². The molecule has 0 radical (unpaired) electrons. The Morgan fingerprint density at radius 3 is 3.11 bits per heavy atom. The van der Waals surface area contributed by atoms with E-state index in [0.29, 0.717) is 23.7 Å². The Balaban J connectivity index is 2.00. The van der Waals surface area contributed by atoms with Crippen molar-refractivity contribution in [2.24, 2.45) is 5.92 Å². The van der Waals surface area contributed by atoms with E-state index in [4.69, 9.17) is 0 Å². The minimum Gasteiger partial charge on any atom is -0.465 e. The smallest absolute Gasteiger partial charge is 0.337 e. The Bertz CT molecular complexity index is 445. The standard InChI is InChI=1S/C14H19FN2O2/c1-19-14(18)11-4-5-12(15)13(7-11)17-9-10-3-2-6-16-8-10/h4-5,7,10,16-17H,2-3,6,8-9H2,1H3. The molecule has 2 N–H and O–H groups in total. The van der Waals surface area contributed by atoms with Gasteiger partial charge in [-0.25, -0.2) is 9.18 Å². The maximum atomic E-state index is 13.7. The quantitative estimate of drug-likeness (QED) is 0.819. The van der Waals surface area contributed by atoms with Crippen LogP contribution in [0.3, 0.4) is 0 Å². The highest BCUT2D eigenvalue weighted by atomic mass is 19.1. The second kappa shape index (κ2) is 6.52. The first-order valence-electron chi connectivity index (χ1n) is 6.53. The zero-order valence-corrected chi connectivity index (χ0v) is 11.0. The van der Waals surface area contributed by atoms with Gasteiger partial charge in [-0.2, -0.15) is 0 Å².